The van der Waals surface area contributed by atoms with Crippen LogP contribution in [-0.4, -0.2) is 57.1 Å². The third-order valence-electron chi connectivity index (χ3n) is 3.05. The number of piperidine rings is 1. The van der Waals surface area contributed by atoms with Gasteiger partial charge < -0.3 is 20.9 Å². The molecule has 0 aliphatic carbocycles. The number of carbonyl (C=O) groups is 2. The van der Waals surface area contributed by atoms with Crippen LogP contribution < -0.4 is 16.0 Å². The third kappa shape index (κ3) is 4.91. The van der Waals surface area contributed by atoms with E-state index in [0.29, 0.717) is 19.0 Å². The van der Waals surface area contributed by atoms with Gasteiger partial charge in [0.15, 0.2) is 0 Å². The number of urea groups is 1. The molecule has 0 radical (unpaired) electrons. The lowest BCUT2D eigenvalue weighted by Gasteiger charge is -2.26. The second-order valence-corrected chi connectivity index (χ2v) is 5.11. The normalized spacial score (nSPS) is 23.3. The van der Waals surface area contributed by atoms with Crippen molar-refractivity contribution in [3.05, 3.63) is 0 Å². The molecule has 3 N–H and O–H groups in total. The van der Waals surface area contributed by atoms with Gasteiger partial charge >= 0.3 is 6.03 Å². The van der Waals surface area contributed by atoms with E-state index >= 15 is 0 Å². The summed E-state index contributed by atoms with van der Waals surface area (Å²) in [6.45, 7) is 4.81. The van der Waals surface area contributed by atoms with Gasteiger partial charge in [0, 0.05) is 33.7 Å². The highest BCUT2D eigenvalue weighted by Crippen LogP contribution is 2.15. The van der Waals surface area contributed by atoms with Gasteiger partial charge in [-0.25, -0.2) is 4.79 Å². The van der Waals surface area contributed by atoms with Crippen LogP contribution in [0, 0.1) is 11.8 Å². The molecule has 1 heterocycles. The van der Waals surface area contributed by atoms with Crippen LogP contribution in [0.4, 0.5) is 4.79 Å². The summed E-state index contributed by atoms with van der Waals surface area (Å²) in [6, 6.07) is -0.141. The molecule has 1 saturated heterocycles. The molecule has 0 saturated carbocycles. The summed E-state index contributed by atoms with van der Waals surface area (Å²) in [6.07, 6.45) is 0.933. The van der Waals surface area contributed by atoms with Crippen molar-refractivity contribution in [2.75, 3.05) is 40.3 Å². The summed E-state index contributed by atoms with van der Waals surface area (Å²) in [5.74, 6) is 0.675. The first kappa shape index (κ1) is 14.8. The molecule has 1 aliphatic rings. The zero-order valence-electron chi connectivity index (χ0n) is 11.5. The molecule has 0 bridgehead atoms. The Balaban J connectivity index is 2.15. The molecule has 1 rings (SSSR count). The van der Waals surface area contributed by atoms with E-state index < -0.39 is 0 Å². The second-order valence-electron chi connectivity index (χ2n) is 5.11. The van der Waals surface area contributed by atoms with Crippen LogP contribution in [0.5, 0.6) is 0 Å². The minimum Gasteiger partial charge on any atom is -0.354 e. The Morgan fingerprint density at radius 1 is 1.22 bits per heavy atom. The fraction of sp³-hybridized carbons (Fsp3) is 0.833. The fourth-order valence-corrected chi connectivity index (χ4v) is 2.01. The number of carbonyl (C=O) groups excluding carboxylic acids is 2. The Kier molecular flexibility index (Phi) is 5.91. The zero-order chi connectivity index (χ0) is 13.5. The number of nitrogens with zero attached hydrogens (tertiary/aromatic N) is 1. The fourth-order valence-electron chi connectivity index (χ4n) is 2.01. The van der Waals surface area contributed by atoms with E-state index in [4.69, 9.17) is 0 Å². The van der Waals surface area contributed by atoms with Gasteiger partial charge in [-0.2, -0.15) is 0 Å². The second kappa shape index (κ2) is 7.20. The molecule has 0 spiro atoms. The van der Waals surface area contributed by atoms with E-state index in [0.717, 1.165) is 19.5 Å². The van der Waals surface area contributed by atoms with E-state index in [9.17, 15) is 9.59 Å². The lowest BCUT2D eigenvalue weighted by atomic mass is 9.91. The number of rotatable bonds is 4. The summed E-state index contributed by atoms with van der Waals surface area (Å²) < 4.78 is 0. The minimum absolute atomic E-state index is 0.0540. The van der Waals surface area contributed by atoms with Crippen molar-refractivity contribution in [1.29, 1.82) is 0 Å². The summed E-state index contributed by atoms with van der Waals surface area (Å²) >= 11 is 0. The minimum atomic E-state index is -0.141. The monoisotopic (exact) mass is 256 g/mol. The van der Waals surface area contributed by atoms with Crippen molar-refractivity contribution < 1.29 is 9.59 Å². The third-order valence-corrected chi connectivity index (χ3v) is 3.05. The molecule has 0 aromatic rings. The first-order chi connectivity index (χ1) is 8.50. The highest BCUT2D eigenvalue weighted by Gasteiger charge is 2.24. The van der Waals surface area contributed by atoms with Crippen LogP contribution in [0.15, 0.2) is 0 Å². The maximum absolute atomic E-state index is 11.8. The molecule has 2 unspecified atom stereocenters. The van der Waals surface area contributed by atoms with Crippen molar-refractivity contribution in [1.82, 2.24) is 20.9 Å². The molecular weight excluding hydrogens is 232 g/mol. The van der Waals surface area contributed by atoms with Crippen molar-refractivity contribution in [2.45, 2.75) is 13.3 Å². The Bertz CT molecular complexity index is 294. The van der Waals surface area contributed by atoms with Crippen LogP contribution in [0.2, 0.25) is 0 Å². The first-order valence-corrected chi connectivity index (χ1v) is 6.44. The molecule has 6 nitrogen and oxygen atoms in total. The molecule has 2 atom stereocenters. The van der Waals surface area contributed by atoms with Crippen LogP contribution in [0.1, 0.15) is 13.3 Å². The number of hydrogen-bond acceptors (Lipinski definition) is 3. The smallest absolute Gasteiger partial charge is 0.316 e. The SMILES string of the molecule is CC1CNCC(C(=O)NCCNC(=O)N(C)C)C1. The average Bonchev–Trinajstić information content (AvgIpc) is 2.33. The summed E-state index contributed by atoms with van der Waals surface area (Å²) in [5, 5.41) is 8.81. The van der Waals surface area contributed by atoms with Gasteiger partial charge in [0.05, 0.1) is 5.92 Å². The largest absolute Gasteiger partial charge is 0.354 e. The number of amides is 3. The van der Waals surface area contributed by atoms with Crippen LogP contribution in [0.3, 0.4) is 0 Å². The molecule has 0 aromatic heterocycles. The lowest BCUT2D eigenvalue weighted by Crippen LogP contribution is -2.45. The Labute approximate surface area is 108 Å². The van der Waals surface area contributed by atoms with Crippen molar-refractivity contribution in [3.8, 4) is 0 Å². The topological polar surface area (TPSA) is 73.5 Å². The molecular formula is C12H24N4O2. The van der Waals surface area contributed by atoms with Gasteiger partial charge in [-0.15, -0.1) is 0 Å². The zero-order valence-corrected chi connectivity index (χ0v) is 11.5. The maximum atomic E-state index is 11.8. The van der Waals surface area contributed by atoms with Gasteiger partial charge in [-0.1, -0.05) is 6.92 Å². The molecule has 6 heteroatoms. The predicted octanol–water partition coefficient (Wildman–Crippen LogP) is -0.381. The van der Waals surface area contributed by atoms with Crippen molar-refractivity contribution >= 4 is 11.9 Å². The molecule has 104 valence electrons. The summed E-state index contributed by atoms with van der Waals surface area (Å²) in [4.78, 5) is 24.5. The summed E-state index contributed by atoms with van der Waals surface area (Å²) in [5.41, 5.74) is 0. The highest BCUT2D eigenvalue weighted by molar-refractivity contribution is 5.79. The predicted molar refractivity (Wildman–Crippen MR) is 70.2 cm³/mol. The Morgan fingerprint density at radius 3 is 2.50 bits per heavy atom. The van der Waals surface area contributed by atoms with E-state index in [1.54, 1.807) is 14.1 Å². The molecule has 1 aliphatic heterocycles. The van der Waals surface area contributed by atoms with E-state index in [1.165, 1.54) is 4.90 Å². The summed E-state index contributed by atoms with van der Waals surface area (Å²) in [7, 11) is 3.37. The van der Waals surface area contributed by atoms with E-state index in [2.05, 4.69) is 22.9 Å². The van der Waals surface area contributed by atoms with Crippen LogP contribution >= 0.6 is 0 Å². The van der Waals surface area contributed by atoms with Gasteiger partial charge in [0.25, 0.3) is 0 Å². The highest BCUT2D eigenvalue weighted by atomic mass is 16.2. The van der Waals surface area contributed by atoms with Crippen LogP contribution in [0.25, 0.3) is 0 Å². The Morgan fingerprint density at radius 2 is 1.89 bits per heavy atom. The van der Waals surface area contributed by atoms with Gasteiger partial charge in [-0.05, 0) is 18.9 Å². The maximum Gasteiger partial charge on any atom is 0.316 e. The van der Waals surface area contributed by atoms with E-state index in [-0.39, 0.29) is 17.9 Å². The lowest BCUT2D eigenvalue weighted by molar-refractivity contribution is -0.125. The van der Waals surface area contributed by atoms with Gasteiger partial charge in [-0.3, -0.25) is 4.79 Å². The molecule has 0 aromatic carbocycles. The Hall–Kier alpha value is -1.30. The van der Waals surface area contributed by atoms with Gasteiger partial charge in [0.2, 0.25) is 5.91 Å². The van der Waals surface area contributed by atoms with Crippen molar-refractivity contribution in [3.63, 3.8) is 0 Å². The van der Waals surface area contributed by atoms with Crippen LogP contribution in [-0.2, 0) is 4.79 Å². The van der Waals surface area contributed by atoms with Crippen molar-refractivity contribution in [2.24, 2.45) is 11.8 Å². The molecule has 1 fully saturated rings. The molecule has 3 amide bonds. The number of hydrogen-bond donors (Lipinski definition) is 3. The van der Waals surface area contributed by atoms with Gasteiger partial charge in [0.1, 0.15) is 0 Å². The average molecular weight is 256 g/mol. The molecule has 18 heavy (non-hydrogen) atoms. The quantitative estimate of drug-likeness (QED) is 0.600. The number of nitrogens with one attached hydrogen (secondary N) is 3. The van der Waals surface area contributed by atoms with E-state index in [1.807, 2.05) is 0 Å². The first-order valence-electron chi connectivity index (χ1n) is 6.44. The standard InChI is InChI=1S/C12H24N4O2/c1-9-6-10(8-13-7-9)11(17)14-4-5-15-12(18)16(2)3/h9-10,13H,4-8H2,1-3H3,(H,14,17)(H,15,18).